The van der Waals surface area contributed by atoms with Crippen molar-refractivity contribution in [1.29, 1.82) is 0 Å². The van der Waals surface area contributed by atoms with E-state index < -0.39 is 0 Å². The summed E-state index contributed by atoms with van der Waals surface area (Å²) < 4.78 is 5.36. The van der Waals surface area contributed by atoms with Crippen LogP contribution in [0.25, 0.3) is 0 Å². The molecule has 0 saturated carbocycles. The van der Waals surface area contributed by atoms with Gasteiger partial charge in [-0.25, -0.2) is 0 Å². The second kappa shape index (κ2) is 4.45. The molecule has 1 heterocycles. The van der Waals surface area contributed by atoms with Gasteiger partial charge >= 0.3 is 0 Å². The topological polar surface area (TPSA) is 21.3 Å². The first-order valence-corrected chi connectivity index (χ1v) is 6.23. The van der Waals surface area contributed by atoms with E-state index in [1.165, 1.54) is 11.3 Å². The molecule has 1 atom stereocenters. The van der Waals surface area contributed by atoms with Gasteiger partial charge < -0.3 is 10.1 Å². The molecule has 2 nitrogen and oxygen atoms in total. The maximum absolute atomic E-state index is 5.36. The summed E-state index contributed by atoms with van der Waals surface area (Å²) in [7, 11) is 1.73. The van der Waals surface area contributed by atoms with E-state index in [-0.39, 0.29) is 4.87 Å². The Kier molecular flexibility index (Phi) is 3.22. The Balaban J connectivity index is 2.16. The van der Waals surface area contributed by atoms with Gasteiger partial charge in [-0.2, -0.15) is 0 Å². The van der Waals surface area contributed by atoms with Crippen molar-refractivity contribution in [1.82, 2.24) is 5.32 Å². The smallest absolute Gasteiger partial charge is 0.122 e. The minimum absolute atomic E-state index is 0.175. The molecule has 1 aromatic rings. The molecule has 1 aliphatic heterocycles. The minimum Gasteiger partial charge on any atom is -0.496 e. The van der Waals surface area contributed by atoms with E-state index in [2.05, 4.69) is 24.4 Å². The zero-order chi connectivity index (χ0) is 10.7. The first kappa shape index (κ1) is 10.8. The Morgan fingerprint density at radius 1 is 1.47 bits per heavy atom. The number of nitrogens with one attached hydrogen (secondary N) is 1. The number of methoxy groups -OCH3 is 1. The monoisotopic (exact) mass is 223 g/mol. The number of para-hydroxylation sites is 1. The fourth-order valence-electron chi connectivity index (χ4n) is 1.97. The van der Waals surface area contributed by atoms with Crippen LogP contribution in [0, 0.1) is 0 Å². The molecule has 3 heteroatoms. The second-order valence-corrected chi connectivity index (χ2v) is 5.59. The molecule has 1 aromatic carbocycles. The van der Waals surface area contributed by atoms with Crippen LogP contribution in [0.4, 0.5) is 0 Å². The van der Waals surface area contributed by atoms with Crippen molar-refractivity contribution < 1.29 is 4.74 Å². The van der Waals surface area contributed by atoms with Crippen LogP contribution in [-0.2, 0) is 6.42 Å². The maximum Gasteiger partial charge on any atom is 0.122 e. The van der Waals surface area contributed by atoms with Crippen molar-refractivity contribution >= 4 is 11.8 Å². The van der Waals surface area contributed by atoms with Gasteiger partial charge in [-0.1, -0.05) is 18.2 Å². The van der Waals surface area contributed by atoms with Gasteiger partial charge in [0.05, 0.1) is 12.0 Å². The highest BCUT2D eigenvalue weighted by Gasteiger charge is 2.29. The summed E-state index contributed by atoms with van der Waals surface area (Å²) in [4.78, 5) is 0.175. The minimum atomic E-state index is 0.175. The molecular formula is C12H17NOS. The summed E-state index contributed by atoms with van der Waals surface area (Å²) in [5, 5.41) is 3.54. The standard InChI is InChI=1S/C12H17NOS/c1-12(13-7-8-15-12)9-10-5-3-4-6-11(10)14-2/h3-6,13H,7-9H2,1-2H3. The third kappa shape index (κ3) is 2.47. The molecule has 82 valence electrons. The highest BCUT2D eigenvalue weighted by Crippen LogP contribution is 2.32. The van der Waals surface area contributed by atoms with E-state index >= 15 is 0 Å². The molecule has 0 aliphatic carbocycles. The zero-order valence-corrected chi connectivity index (χ0v) is 10.1. The number of hydrogen-bond acceptors (Lipinski definition) is 3. The highest BCUT2D eigenvalue weighted by molar-refractivity contribution is 8.00. The van der Waals surface area contributed by atoms with E-state index in [1.54, 1.807) is 7.11 Å². The lowest BCUT2D eigenvalue weighted by molar-refractivity contribution is 0.405. The van der Waals surface area contributed by atoms with Gasteiger partial charge in [0.1, 0.15) is 5.75 Å². The third-order valence-electron chi connectivity index (χ3n) is 2.74. The van der Waals surface area contributed by atoms with E-state index in [4.69, 9.17) is 4.74 Å². The predicted molar refractivity (Wildman–Crippen MR) is 65.6 cm³/mol. The molecule has 0 aromatic heterocycles. The van der Waals surface area contributed by atoms with E-state index in [9.17, 15) is 0 Å². The summed E-state index contributed by atoms with van der Waals surface area (Å²) in [6, 6.07) is 8.25. The average molecular weight is 223 g/mol. The van der Waals surface area contributed by atoms with Crippen LogP contribution in [0.15, 0.2) is 24.3 Å². The Bertz CT molecular complexity index is 334. The molecule has 0 bridgehead atoms. The summed E-state index contributed by atoms with van der Waals surface area (Å²) in [6.07, 6.45) is 1.02. The Labute approximate surface area is 95.4 Å². The fourth-order valence-corrected chi connectivity index (χ4v) is 3.09. The van der Waals surface area contributed by atoms with Gasteiger partial charge in [-0.15, -0.1) is 11.8 Å². The summed E-state index contributed by atoms with van der Waals surface area (Å²) in [6.45, 7) is 3.37. The lowest BCUT2D eigenvalue weighted by Crippen LogP contribution is -2.35. The summed E-state index contributed by atoms with van der Waals surface area (Å²) in [5.74, 6) is 2.19. The lowest BCUT2D eigenvalue weighted by atomic mass is 10.1. The first-order valence-electron chi connectivity index (χ1n) is 5.24. The predicted octanol–water partition coefficient (Wildman–Crippen LogP) is 2.29. The molecule has 1 saturated heterocycles. The van der Waals surface area contributed by atoms with Crippen LogP contribution in [0.5, 0.6) is 5.75 Å². The van der Waals surface area contributed by atoms with Gasteiger partial charge in [0.15, 0.2) is 0 Å². The number of ether oxygens (including phenoxy) is 1. The maximum atomic E-state index is 5.36. The second-order valence-electron chi connectivity index (χ2n) is 3.99. The summed E-state index contributed by atoms with van der Waals surface area (Å²) in [5.41, 5.74) is 1.28. The van der Waals surface area contributed by atoms with Gasteiger partial charge in [-0.3, -0.25) is 0 Å². The number of benzene rings is 1. The van der Waals surface area contributed by atoms with Crippen LogP contribution in [0.1, 0.15) is 12.5 Å². The van der Waals surface area contributed by atoms with E-state index in [1.807, 2.05) is 23.9 Å². The number of thioether (sulfide) groups is 1. The van der Waals surface area contributed by atoms with Crippen molar-refractivity contribution in [2.45, 2.75) is 18.2 Å². The van der Waals surface area contributed by atoms with Crippen molar-refractivity contribution in [3.8, 4) is 5.75 Å². The largest absolute Gasteiger partial charge is 0.496 e. The van der Waals surface area contributed by atoms with Gasteiger partial charge in [0.25, 0.3) is 0 Å². The summed E-state index contributed by atoms with van der Waals surface area (Å²) >= 11 is 1.99. The lowest BCUT2D eigenvalue weighted by Gasteiger charge is -2.24. The van der Waals surface area contributed by atoms with Crippen LogP contribution < -0.4 is 10.1 Å². The molecule has 1 aliphatic rings. The third-order valence-corrected chi connectivity index (χ3v) is 4.08. The molecule has 1 unspecified atom stereocenters. The van der Waals surface area contributed by atoms with Crippen LogP contribution in [0.2, 0.25) is 0 Å². The highest BCUT2D eigenvalue weighted by atomic mass is 32.2. The van der Waals surface area contributed by atoms with Crippen molar-refractivity contribution in [3.05, 3.63) is 29.8 Å². The normalized spacial score (nSPS) is 25.5. The molecule has 2 rings (SSSR count). The van der Waals surface area contributed by atoms with Crippen molar-refractivity contribution in [2.75, 3.05) is 19.4 Å². The Morgan fingerprint density at radius 3 is 2.93 bits per heavy atom. The molecule has 0 amide bonds. The van der Waals surface area contributed by atoms with Crippen molar-refractivity contribution in [2.24, 2.45) is 0 Å². The van der Waals surface area contributed by atoms with Gasteiger partial charge in [-0.05, 0) is 18.6 Å². The molecule has 0 spiro atoms. The molecule has 1 fully saturated rings. The van der Waals surface area contributed by atoms with Crippen LogP contribution in [-0.4, -0.2) is 24.3 Å². The Morgan fingerprint density at radius 2 is 2.27 bits per heavy atom. The first-order chi connectivity index (χ1) is 7.23. The number of hydrogen-bond donors (Lipinski definition) is 1. The van der Waals surface area contributed by atoms with Gasteiger partial charge in [0, 0.05) is 18.7 Å². The van der Waals surface area contributed by atoms with E-state index in [0.29, 0.717) is 0 Å². The molecule has 1 N–H and O–H groups in total. The van der Waals surface area contributed by atoms with E-state index in [0.717, 1.165) is 18.7 Å². The van der Waals surface area contributed by atoms with Crippen molar-refractivity contribution in [3.63, 3.8) is 0 Å². The average Bonchev–Trinajstić information content (AvgIpc) is 2.66. The number of rotatable bonds is 3. The van der Waals surface area contributed by atoms with Crippen LogP contribution in [0.3, 0.4) is 0 Å². The molecule has 15 heavy (non-hydrogen) atoms. The van der Waals surface area contributed by atoms with Crippen LogP contribution >= 0.6 is 11.8 Å². The Hall–Kier alpha value is -0.670. The van der Waals surface area contributed by atoms with Gasteiger partial charge in [0.2, 0.25) is 0 Å². The zero-order valence-electron chi connectivity index (χ0n) is 9.25. The fraction of sp³-hybridized carbons (Fsp3) is 0.500. The quantitative estimate of drug-likeness (QED) is 0.849. The SMILES string of the molecule is COc1ccccc1CC1(C)NCCS1. The molecular weight excluding hydrogens is 206 g/mol. The molecule has 0 radical (unpaired) electrons.